The van der Waals surface area contributed by atoms with Crippen molar-refractivity contribution in [2.75, 3.05) is 23.7 Å². The van der Waals surface area contributed by atoms with Gasteiger partial charge >= 0.3 is 0 Å². The van der Waals surface area contributed by atoms with Gasteiger partial charge in [0.05, 0.1) is 11.4 Å². The van der Waals surface area contributed by atoms with Gasteiger partial charge in [0.25, 0.3) is 0 Å². The van der Waals surface area contributed by atoms with Crippen LogP contribution in [-0.2, 0) is 6.42 Å². The average molecular weight is 204 g/mol. The summed E-state index contributed by atoms with van der Waals surface area (Å²) in [6.07, 6.45) is 2.85. The molecular weight excluding hydrogens is 184 g/mol. The Morgan fingerprint density at radius 2 is 1.80 bits per heavy atom. The average Bonchev–Trinajstić information content (AvgIpc) is 2.23. The maximum atomic E-state index is 3.75. The van der Waals surface area contributed by atoms with E-state index in [1.807, 2.05) is 6.08 Å². The van der Waals surface area contributed by atoms with Crippen molar-refractivity contribution in [3.63, 3.8) is 0 Å². The van der Waals surface area contributed by atoms with Crippen molar-refractivity contribution in [2.24, 2.45) is 0 Å². The molecule has 0 aliphatic heterocycles. The van der Waals surface area contributed by atoms with Gasteiger partial charge in [-0.3, -0.25) is 0 Å². The van der Waals surface area contributed by atoms with Gasteiger partial charge in [-0.05, 0) is 38.0 Å². The van der Waals surface area contributed by atoms with Crippen molar-refractivity contribution in [3.8, 4) is 0 Å². The topological polar surface area (TPSA) is 24.1 Å². The van der Waals surface area contributed by atoms with E-state index < -0.39 is 0 Å². The van der Waals surface area contributed by atoms with Gasteiger partial charge < -0.3 is 10.6 Å². The Kier molecular flexibility index (Phi) is 4.75. The van der Waals surface area contributed by atoms with Gasteiger partial charge in [0.2, 0.25) is 0 Å². The van der Waals surface area contributed by atoms with Crippen LogP contribution in [-0.4, -0.2) is 13.1 Å². The lowest BCUT2D eigenvalue weighted by Crippen LogP contribution is -2.04. The first-order chi connectivity index (χ1) is 7.31. The van der Waals surface area contributed by atoms with Crippen molar-refractivity contribution < 1.29 is 0 Å². The third-order valence-corrected chi connectivity index (χ3v) is 2.20. The second-order valence-corrected chi connectivity index (χ2v) is 3.43. The molecule has 2 N–H and O–H groups in total. The van der Waals surface area contributed by atoms with Crippen LogP contribution in [0.25, 0.3) is 0 Å². The fraction of sp³-hybridized carbons (Fsp3) is 0.385. The monoisotopic (exact) mass is 204 g/mol. The molecule has 1 aromatic carbocycles. The van der Waals surface area contributed by atoms with Crippen LogP contribution in [0.5, 0.6) is 0 Å². The first-order valence-corrected chi connectivity index (χ1v) is 5.53. The summed E-state index contributed by atoms with van der Waals surface area (Å²) in [5.74, 6) is 0. The number of allylic oxidation sites excluding steroid dienone is 1. The summed E-state index contributed by atoms with van der Waals surface area (Å²) in [5, 5.41) is 6.70. The van der Waals surface area contributed by atoms with Gasteiger partial charge in [-0.2, -0.15) is 0 Å². The van der Waals surface area contributed by atoms with E-state index in [1.165, 1.54) is 16.9 Å². The van der Waals surface area contributed by atoms with Gasteiger partial charge in [-0.1, -0.05) is 12.1 Å². The van der Waals surface area contributed by atoms with Crippen LogP contribution in [0.4, 0.5) is 11.4 Å². The molecule has 1 rings (SSSR count). The molecule has 0 saturated heterocycles. The molecule has 0 fully saturated rings. The van der Waals surface area contributed by atoms with Crippen molar-refractivity contribution in [3.05, 3.63) is 36.4 Å². The predicted molar refractivity (Wildman–Crippen MR) is 68.7 cm³/mol. The van der Waals surface area contributed by atoms with Gasteiger partial charge in [0.15, 0.2) is 0 Å². The van der Waals surface area contributed by atoms with Crippen molar-refractivity contribution >= 4 is 11.4 Å². The molecule has 2 heteroatoms. The fourth-order valence-electron chi connectivity index (χ4n) is 1.57. The summed E-state index contributed by atoms with van der Waals surface area (Å²) in [7, 11) is 0. The van der Waals surface area contributed by atoms with Crippen LogP contribution in [0.1, 0.15) is 19.4 Å². The largest absolute Gasteiger partial charge is 0.384 e. The molecule has 82 valence electrons. The number of hydrogen-bond acceptors (Lipinski definition) is 2. The molecular formula is C13H20N2. The van der Waals surface area contributed by atoms with E-state index >= 15 is 0 Å². The third-order valence-electron chi connectivity index (χ3n) is 2.20. The number of anilines is 2. The predicted octanol–water partition coefficient (Wildman–Crippen LogP) is 3.28. The molecule has 0 aliphatic carbocycles. The summed E-state index contributed by atoms with van der Waals surface area (Å²) >= 11 is 0. The number of hydrogen-bond donors (Lipinski definition) is 2. The molecule has 2 nitrogen and oxygen atoms in total. The Balaban J connectivity index is 2.91. The van der Waals surface area contributed by atoms with E-state index in [0.717, 1.165) is 19.5 Å². The molecule has 0 atom stereocenters. The summed E-state index contributed by atoms with van der Waals surface area (Å²) in [6, 6.07) is 6.45. The number of rotatable bonds is 6. The van der Waals surface area contributed by atoms with Gasteiger partial charge in [-0.15, -0.1) is 6.58 Å². The normalized spacial score (nSPS) is 9.73. The Hall–Kier alpha value is -1.44. The maximum Gasteiger partial charge on any atom is 0.0578 e. The highest BCUT2D eigenvalue weighted by Gasteiger charge is 2.01. The van der Waals surface area contributed by atoms with Crippen molar-refractivity contribution in [1.29, 1.82) is 0 Å². The summed E-state index contributed by atoms with van der Waals surface area (Å²) < 4.78 is 0. The molecule has 0 aliphatic rings. The number of nitrogens with one attached hydrogen (secondary N) is 2. The summed E-state index contributed by atoms with van der Waals surface area (Å²) in [5.41, 5.74) is 3.65. The lowest BCUT2D eigenvalue weighted by molar-refractivity contribution is 1.17. The second-order valence-electron chi connectivity index (χ2n) is 3.43. The Labute approximate surface area is 92.4 Å². The zero-order valence-electron chi connectivity index (χ0n) is 9.64. The van der Waals surface area contributed by atoms with Gasteiger partial charge in [0, 0.05) is 13.1 Å². The zero-order valence-corrected chi connectivity index (χ0v) is 9.64. The van der Waals surface area contributed by atoms with Crippen molar-refractivity contribution in [2.45, 2.75) is 20.3 Å². The quantitative estimate of drug-likeness (QED) is 0.695. The van der Waals surface area contributed by atoms with Crippen LogP contribution in [0.3, 0.4) is 0 Å². The van der Waals surface area contributed by atoms with Crippen LogP contribution in [0, 0.1) is 0 Å². The van der Waals surface area contributed by atoms with E-state index in [-0.39, 0.29) is 0 Å². The molecule has 0 aromatic heterocycles. The van der Waals surface area contributed by atoms with Crippen LogP contribution < -0.4 is 10.6 Å². The lowest BCUT2D eigenvalue weighted by Gasteiger charge is -2.13. The smallest absolute Gasteiger partial charge is 0.0578 e. The third kappa shape index (κ3) is 3.31. The first kappa shape index (κ1) is 11.6. The van der Waals surface area contributed by atoms with E-state index in [0.29, 0.717) is 0 Å². The minimum atomic E-state index is 0.921. The van der Waals surface area contributed by atoms with Crippen LogP contribution >= 0.6 is 0 Å². The SMILES string of the molecule is C=CCc1ccc(NCC)c(NCC)c1. The second kappa shape index (κ2) is 6.12. The summed E-state index contributed by atoms with van der Waals surface area (Å²) in [6.45, 7) is 9.85. The highest BCUT2D eigenvalue weighted by atomic mass is 14.9. The van der Waals surface area contributed by atoms with Gasteiger partial charge in [-0.25, -0.2) is 0 Å². The fourth-order valence-corrected chi connectivity index (χ4v) is 1.57. The Bertz CT molecular complexity index is 318. The molecule has 0 saturated carbocycles. The minimum absolute atomic E-state index is 0.921. The Morgan fingerprint density at radius 1 is 1.13 bits per heavy atom. The van der Waals surface area contributed by atoms with Crippen LogP contribution in [0.2, 0.25) is 0 Å². The molecule has 0 bridgehead atoms. The molecule has 1 aromatic rings. The Morgan fingerprint density at radius 3 is 2.40 bits per heavy atom. The molecule has 15 heavy (non-hydrogen) atoms. The molecule has 0 radical (unpaired) electrons. The van der Waals surface area contributed by atoms with Crippen LogP contribution in [0.15, 0.2) is 30.9 Å². The maximum absolute atomic E-state index is 3.75. The molecule has 0 spiro atoms. The van der Waals surface area contributed by atoms with E-state index in [9.17, 15) is 0 Å². The minimum Gasteiger partial charge on any atom is -0.384 e. The lowest BCUT2D eigenvalue weighted by atomic mass is 10.1. The molecule has 0 heterocycles. The van der Waals surface area contributed by atoms with E-state index in [2.05, 4.69) is 49.3 Å². The number of benzene rings is 1. The van der Waals surface area contributed by atoms with Gasteiger partial charge in [0.1, 0.15) is 0 Å². The molecule has 0 amide bonds. The highest BCUT2D eigenvalue weighted by molar-refractivity contribution is 5.69. The first-order valence-electron chi connectivity index (χ1n) is 5.53. The highest BCUT2D eigenvalue weighted by Crippen LogP contribution is 2.23. The van der Waals surface area contributed by atoms with E-state index in [1.54, 1.807) is 0 Å². The van der Waals surface area contributed by atoms with Crippen molar-refractivity contribution in [1.82, 2.24) is 0 Å². The zero-order chi connectivity index (χ0) is 11.1. The molecule has 0 unspecified atom stereocenters. The van der Waals surface area contributed by atoms with E-state index in [4.69, 9.17) is 0 Å². The summed E-state index contributed by atoms with van der Waals surface area (Å²) in [4.78, 5) is 0. The standard InChI is InChI=1S/C13H20N2/c1-4-7-11-8-9-12(14-5-2)13(10-11)15-6-3/h4,8-10,14-15H,1,5-7H2,2-3H3.